The zero-order valence-electron chi connectivity index (χ0n) is 15.8. The molecule has 1 aromatic carbocycles. The molecule has 5 heteroatoms. The van der Waals surface area contributed by atoms with Crippen LogP contribution in [0.3, 0.4) is 0 Å². The second kappa shape index (κ2) is 8.49. The summed E-state index contributed by atoms with van der Waals surface area (Å²) >= 11 is 0. The van der Waals surface area contributed by atoms with Gasteiger partial charge < -0.3 is 16.0 Å². The smallest absolute Gasteiger partial charge is 0.193 e. The molecule has 1 aromatic rings. The van der Waals surface area contributed by atoms with Crippen LogP contribution in [0.2, 0.25) is 0 Å². The summed E-state index contributed by atoms with van der Waals surface area (Å²) in [7, 11) is 2.19. The summed E-state index contributed by atoms with van der Waals surface area (Å²) in [5.74, 6) is 1.06. The number of anilines is 1. The van der Waals surface area contributed by atoms with E-state index in [1.54, 1.807) is 0 Å². The topological polar surface area (TPSA) is 56.9 Å². The Balaban J connectivity index is 1.97. The number of nitrogens with zero attached hydrogens (tertiary/aromatic N) is 3. The van der Waals surface area contributed by atoms with Crippen molar-refractivity contribution in [1.82, 2.24) is 9.80 Å². The molecule has 0 aromatic heterocycles. The molecule has 0 saturated carbocycles. The monoisotopic (exact) mass is 331 g/mol. The van der Waals surface area contributed by atoms with Gasteiger partial charge in [0.2, 0.25) is 0 Å². The maximum atomic E-state index is 6.12. The minimum absolute atomic E-state index is 0.443. The van der Waals surface area contributed by atoms with E-state index in [0.29, 0.717) is 17.9 Å². The van der Waals surface area contributed by atoms with Crippen molar-refractivity contribution in [3.05, 3.63) is 29.3 Å². The normalized spacial score (nSPS) is 18.8. The lowest BCUT2D eigenvalue weighted by Gasteiger charge is -2.39. The molecule has 1 atom stereocenters. The average Bonchev–Trinajstić information content (AvgIpc) is 2.47. The zero-order valence-corrected chi connectivity index (χ0v) is 15.8. The van der Waals surface area contributed by atoms with Gasteiger partial charge in [-0.2, -0.15) is 0 Å². The van der Waals surface area contributed by atoms with E-state index in [-0.39, 0.29) is 0 Å². The minimum Gasteiger partial charge on any atom is -0.370 e. The predicted molar refractivity (Wildman–Crippen MR) is 104 cm³/mol. The summed E-state index contributed by atoms with van der Waals surface area (Å²) in [5, 5.41) is 3.23. The van der Waals surface area contributed by atoms with Gasteiger partial charge in [0.05, 0.1) is 6.54 Å². The number of guanidine groups is 1. The molecule has 1 heterocycles. The zero-order chi connectivity index (χ0) is 17.7. The Labute approximate surface area is 146 Å². The van der Waals surface area contributed by atoms with Crippen LogP contribution in [0.4, 0.5) is 5.69 Å². The molecule has 24 heavy (non-hydrogen) atoms. The summed E-state index contributed by atoms with van der Waals surface area (Å²) in [5.41, 5.74) is 9.58. The lowest BCUT2D eigenvalue weighted by atomic mass is 10.0. The highest BCUT2D eigenvalue weighted by Crippen LogP contribution is 2.15. The molecule has 0 bridgehead atoms. The molecule has 0 spiro atoms. The molecule has 1 saturated heterocycles. The van der Waals surface area contributed by atoms with Gasteiger partial charge in [-0.1, -0.05) is 19.9 Å². The maximum Gasteiger partial charge on any atom is 0.193 e. The van der Waals surface area contributed by atoms with Crippen molar-refractivity contribution in [2.75, 3.05) is 45.1 Å². The second-order valence-corrected chi connectivity index (χ2v) is 7.38. The van der Waals surface area contributed by atoms with E-state index in [1.807, 2.05) is 0 Å². The van der Waals surface area contributed by atoms with Crippen molar-refractivity contribution in [3.63, 3.8) is 0 Å². The number of hydrogen-bond donors (Lipinski definition) is 2. The molecule has 1 aliphatic heterocycles. The molecule has 0 aliphatic carbocycles. The summed E-state index contributed by atoms with van der Waals surface area (Å²) in [4.78, 5) is 9.56. The fourth-order valence-electron chi connectivity index (χ4n) is 3.33. The average molecular weight is 332 g/mol. The van der Waals surface area contributed by atoms with Gasteiger partial charge in [0.1, 0.15) is 0 Å². The number of hydrogen-bond acceptors (Lipinski definition) is 3. The number of nitrogens with one attached hydrogen (secondary N) is 1. The van der Waals surface area contributed by atoms with Crippen molar-refractivity contribution in [2.24, 2.45) is 16.6 Å². The van der Waals surface area contributed by atoms with Crippen molar-refractivity contribution in [1.29, 1.82) is 0 Å². The number of likely N-dealkylation sites (N-methyl/N-ethyl adjacent to an activating group) is 1. The van der Waals surface area contributed by atoms with Crippen molar-refractivity contribution in [3.8, 4) is 0 Å². The Hall–Kier alpha value is -1.59. The van der Waals surface area contributed by atoms with Crippen molar-refractivity contribution < 1.29 is 0 Å². The third kappa shape index (κ3) is 5.49. The first kappa shape index (κ1) is 18.7. The summed E-state index contributed by atoms with van der Waals surface area (Å²) in [6.45, 7) is 13.9. The van der Waals surface area contributed by atoms with Crippen LogP contribution in [-0.4, -0.2) is 61.6 Å². The van der Waals surface area contributed by atoms with Crippen LogP contribution in [0.5, 0.6) is 0 Å². The van der Waals surface area contributed by atoms with Crippen LogP contribution >= 0.6 is 0 Å². The highest BCUT2D eigenvalue weighted by atomic mass is 15.3. The van der Waals surface area contributed by atoms with Crippen LogP contribution in [0.15, 0.2) is 23.2 Å². The van der Waals surface area contributed by atoms with E-state index in [9.17, 15) is 0 Å². The van der Waals surface area contributed by atoms with Gasteiger partial charge in [-0.3, -0.25) is 9.89 Å². The molecule has 1 fully saturated rings. The number of aryl methyl sites for hydroxylation is 2. The molecular weight excluding hydrogens is 298 g/mol. The molecule has 134 valence electrons. The van der Waals surface area contributed by atoms with E-state index in [0.717, 1.165) is 38.4 Å². The molecule has 2 rings (SSSR count). The van der Waals surface area contributed by atoms with Crippen molar-refractivity contribution >= 4 is 11.6 Å². The molecule has 3 N–H and O–H groups in total. The van der Waals surface area contributed by atoms with E-state index >= 15 is 0 Å². The lowest BCUT2D eigenvalue weighted by Crippen LogP contribution is -2.51. The van der Waals surface area contributed by atoms with Gasteiger partial charge in [0, 0.05) is 37.9 Å². The number of rotatable bonds is 5. The van der Waals surface area contributed by atoms with Gasteiger partial charge in [-0.25, -0.2) is 0 Å². The van der Waals surface area contributed by atoms with Crippen LogP contribution in [0.25, 0.3) is 0 Å². The van der Waals surface area contributed by atoms with E-state index in [1.165, 1.54) is 11.1 Å². The number of piperazine rings is 1. The molecule has 1 aliphatic rings. The summed E-state index contributed by atoms with van der Waals surface area (Å²) in [6.07, 6.45) is 0. The second-order valence-electron chi connectivity index (χ2n) is 7.38. The standard InChI is InChI=1S/C19H33N5/c1-14(2)18(24-8-6-23(5)7-9-24)13-21-19(20)22-17-11-15(3)10-16(4)12-17/h10-12,14,18H,6-9,13H2,1-5H3,(H3,20,21,22). The van der Waals surface area contributed by atoms with Crippen LogP contribution in [0, 0.1) is 19.8 Å². The van der Waals surface area contributed by atoms with Crippen LogP contribution in [-0.2, 0) is 0 Å². The Kier molecular flexibility index (Phi) is 6.63. The fourth-order valence-corrected chi connectivity index (χ4v) is 3.33. The van der Waals surface area contributed by atoms with E-state index in [4.69, 9.17) is 5.73 Å². The van der Waals surface area contributed by atoms with Gasteiger partial charge in [-0.05, 0) is 50.1 Å². The molecular formula is C19H33N5. The third-order valence-corrected chi connectivity index (χ3v) is 4.72. The highest BCUT2D eigenvalue weighted by Gasteiger charge is 2.24. The SMILES string of the molecule is Cc1cc(C)cc(NC(N)=NCC(C(C)C)N2CCN(C)CC2)c1. The molecule has 0 radical (unpaired) electrons. The quantitative estimate of drug-likeness (QED) is 0.642. The Morgan fingerprint density at radius 1 is 1.12 bits per heavy atom. The molecule has 5 nitrogen and oxygen atoms in total. The summed E-state index contributed by atoms with van der Waals surface area (Å²) in [6, 6.07) is 6.78. The van der Waals surface area contributed by atoms with E-state index < -0.39 is 0 Å². The highest BCUT2D eigenvalue weighted by molar-refractivity contribution is 5.92. The largest absolute Gasteiger partial charge is 0.370 e. The Morgan fingerprint density at radius 2 is 1.71 bits per heavy atom. The lowest BCUT2D eigenvalue weighted by molar-refractivity contribution is 0.0926. The summed E-state index contributed by atoms with van der Waals surface area (Å²) < 4.78 is 0. The van der Waals surface area contributed by atoms with Crippen molar-refractivity contribution in [2.45, 2.75) is 33.7 Å². The predicted octanol–water partition coefficient (Wildman–Crippen LogP) is 2.30. The first-order chi connectivity index (χ1) is 11.3. The van der Waals surface area contributed by atoms with Crippen LogP contribution < -0.4 is 11.1 Å². The first-order valence-electron chi connectivity index (χ1n) is 8.93. The molecule has 1 unspecified atom stereocenters. The van der Waals surface area contributed by atoms with Crippen LogP contribution in [0.1, 0.15) is 25.0 Å². The Bertz CT molecular complexity index is 539. The van der Waals surface area contributed by atoms with E-state index in [2.05, 4.69) is 73.1 Å². The van der Waals surface area contributed by atoms with Gasteiger partial charge in [0.25, 0.3) is 0 Å². The Morgan fingerprint density at radius 3 is 2.25 bits per heavy atom. The number of nitrogens with two attached hydrogens (primary N) is 1. The van der Waals surface area contributed by atoms with Gasteiger partial charge in [-0.15, -0.1) is 0 Å². The maximum absolute atomic E-state index is 6.12. The minimum atomic E-state index is 0.443. The third-order valence-electron chi connectivity index (χ3n) is 4.72. The van der Waals surface area contributed by atoms with Gasteiger partial charge in [0.15, 0.2) is 5.96 Å². The van der Waals surface area contributed by atoms with Gasteiger partial charge >= 0.3 is 0 Å². The fraction of sp³-hybridized carbons (Fsp3) is 0.632. The molecule has 0 amide bonds. The number of aliphatic imine (C=N–C) groups is 1. The first-order valence-corrected chi connectivity index (χ1v) is 8.93. The number of benzene rings is 1.